The fourth-order valence-electron chi connectivity index (χ4n) is 2.61. The Morgan fingerprint density at radius 2 is 1.79 bits per heavy atom. The quantitative estimate of drug-likeness (QED) is 0.408. The molecule has 11 heteroatoms. The number of hydrogen-bond donors (Lipinski definition) is 2. The number of rotatable bonds is 8. The molecule has 3 aromatic rings. The minimum Gasteiger partial charge on any atom is -0.424 e. The molecule has 0 unspecified atom stereocenters. The Kier molecular flexibility index (Phi) is 5.89. The third-order valence-corrected chi connectivity index (χ3v) is 6.22. The van der Waals surface area contributed by atoms with Crippen molar-refractivity contribution in [1.29, 1.82) is 0 Å². The number of sulfonamides is 1. The molecule has 0 aliphatic heterocycles. The molecule has 0 radical (unpaired) electrons. The predicted molar refractivity (Wildman–Crippen MR) is 111 cm³/mol. The van der Waals surface area contributed by atoms with Crippen molar-refractivity contribution < 1.29 is 17.6 Å². The van der Waals surface area contributed by atoms with Crippen LogP contribution in [-0.4, -0.2) is 30.1 Å². The van der Waals surface area contributed by atoms with E-state index in [1.807, 2.05) is 4.72 Å². The molecule has 1 heterocycles. The van der Waals surface area contributed by atoms with Crippen molar-refractivity contribution in [1.82, 2.24) is 9.71 Å². The Morgan fingerprint density at radius 1 is 1.14 bits per heavy atom. The van der Waals surface area contributed by atoms with Gasteiger partial charge < -0.3 is 9.73 Å². The van der Waals surface area contributed by atoms with E-state index in [0.717, 1.165) is 0 Å². The molecule has 0 fully saturated rings. The lowest BCUT2D eigenvalue weighted by Crippen LogP contribution is -2.52. The van der Waals surface area contributed by atoms with Gasteiger partial charge in [-0.2, -0.15) is 4.98 Å². The minimum absolute atomic E-state index is 0.0167. The molecule has 0 saturated carbocycles. The summed E-state index contributed by atoms with van der Waals surface area (Å²) in [5.41, 5.74) is 1.05. The smallest absolute Gasteiger partial charge is 0.296 e. The van der Waals surface area contributed by atoms with Crippen LogP contribution in [-0.2, 0) is 14.8 Å². The van der Waals surface area contributed by atoms with Crippen LogP contribution in [0, 0.1) is 4.91 Å². The van der Waals surface area contributed by atoms with Crippen molar-refractivity contribution in [2.24, 2.45) is 4.58 Å². The first-order valence-electron chi connectivity index (χ1n) is 8.47. The monoisotopic (exact) mass is 434 g/mol. The maximum atomic E-state index is 12.9. The summed E-state index contributed by atoms with van der Waals surface area (Å²) in [4.78, 5) is 27.9. The van der Waals surface area contributed by atoms with Crippen molar-refractivity contribution in [3.63, 3.8) is 0 Å². The number of hydrogen-bond acceptors (Lipinski definition) is 9. The van der Waals surface area contributed by atoms with Crippen LogP contribution in [0.25, 0.3) is 11.1 Å². The number of carbonyl (C=O) groups is 1. The summed E-state index contributed by atoms with van der Waals surface area (Å²) in [6.45, 7) is 3.15. The molecule has 1 amide bonds. The summed E-state index contributed by atoms with van der Waals surface area (Å²) in [5, 5.41) is 2.79. The van der Waals surface area contributed by atoms with E-state index in [1.165, 1.54) is 12.1 Å². The van der Waals surface area contributed by atoms with Gasteiger partial charge in [0.2, 0.25) is 0 Å². The molecule has 2 aromatic carbocycles. The highest BCUT2D eigenvalue weighted by Gasteiger charge is 2.40. The summed E-state index contributed by atoms with van der Waals surface area (Å²) in [6.07, 6.45) is 0. The van der Waals surface area contributed by atoms with Gasteiger partial charge in [-0.1, -0.05) is 30.3 Å². The molecule has 0 aliphatic rings. The molecular formula is C18H18N4O5S2. The molecule has 152 valence electrons. The number of amides is 1. The number of nitrogens with zero attached hydrogens (tertiary/aromatic N) is 2. The number of benzene rings is 2. The Bertz CT molecular complexity index is 1100. The van der Waals surface area contributed by atoms with E-state index < -0.39 is 26.7 Å². The zero-order chi connectivity index (χ0) is 21.1. The number of oxazole rings is 1. The van der Waals surface area contributed by atoms with Crippen LogP contribution in [0.1, 0.15) is 13.8 Å². The third-order valence-electron chi connectivity index (χ3n) is 4.08. The van der Waals surface area contributed by atoms with Crippen molar-refractivity contribution in [3.8, 4) is 0 Å². The van der Waals surface area contributed by atoms with Crippen molar-refractivity contribution >= 4 is 45.0 Å². The van der Waals surface area contributed by atoms with Gasteiger partial charge in [-0.15, -0.1) is 4.91 Å². The number of aromatic nitrogens is 1. The van der Waals surface area contributed by atoms with Crippen LogP contribution in [0.5, 0.6) is 0 Å². The number of para-hydroxylation sites is 2. The average molecular weight is 434 g/mol. The second kappa shape index (κ2) is 8.21. The molecule has 0 bridgehead atoms. The van der Waals surface area contributed by atoms with Crippen LogP contribution in [0.15, 0.2) is 68.5 Å². The Morgan fingerprint density at radius 3 is 2.45 bits per heavy atom. The third kappa shape index (κ3) is 4.74. The number of carbonyl (C=O) groups excluding carboxylic acids is 1. The fourth-order valence-corrected chi connectivity index (χ4v) is 4.09. The Balaban J connectivity index is 1.90. The summed E-state index contributed by atoms with van der Waals surface area (Å²) < 4.78 is 34.4. The lowest BCUT2D eigenvalue weighted by atomic mass is 10.0. The van der Waals surface area contributed by atoms with Crippen LogP contribution in [0.3, 0.4) is 0 Å². The number of nitroso groups, excluding NO2 is 1. The highest BCUT2D eigenvalue weighted by molar-refractivity contribution is 7.99. The maximum absolute atomic E-state index is 12.9. The number of anilines is 1. The van der Waals surface area contributed by atoms with E-state index >= 15 is 0 Å². The maximum Gasteiger partial charge on any atom is 0.296 e. The van der Waals surface area contributed by atoms with Crippen LogP contribution >= 0.6 is 11.9 Å². The van der Waals surface area contributed by atoms with E-state index in [9.17, 15) is 18.1 Å². The van der Waals surface area contributed by atoms with Crippen molar-refractivity contribution in [2.75, 3.05) is 5.32 Å². The van der Waals surface area contributed by atoms with Gasteiger partial charge in [0.1, 0.15) is 11.6 Å². The van der Waals surface area contributed by atoms with E-state index in [4.69, 9.17) is 4.42 Å². The van der Waals surface area contributed by atoms with Crippen LogP contribution in [0.4, 0.5) is 6.01 Å². The van der Waals surface area contributed by atoms with E-state index in [-0.39, 0.29) is 10.9 Å². The van der Waals surface area contributed by atoms with E-state index in [1.54, 1.807) is 56.3 Å². The number of fused-ring (bicyclic) bond motifs is 1. The van der Waals surface area contributed by atoms with Gasteiger partial charge in [0, 0.05) is 16.5 Å². The van der Waals surface area contributed by atoms with Gasteiger partial charge in [-0.05, 0) is 38.1 Å². The van der Waals surface area contributed by atoms with Gasteiger partial charge in [0.15, 0.2) is 5.58 Å². The molecule has 29 heavy (non-hydrogen) atoms. The average Bonchev–Trinajstić information content (AvgIpc) is 3.09. The minimum atomic E-state index is -4.11. The van der Waals surface area contributed by atoms with E-state index in [0.29, 0.717) is 23.0 Å². The SMILES string of the molecule is CC(C)(SN=O)[C@@H](Nc1nc2ccccc2o1)C(=O)NS(=O)(=O)c1ccccc1. The van der Waals surface area contributed by atoms with Crippen molar-refractivity contribution in [3.05, 3.63) is 59.5 Å². The topological polar surface area (TPSA) is 131 Å². The molecule has 0 spiro atoms. The summed E-state index contributed by atoms with van der Waals surface area (Å²) in [6, 6.07) is 13.3. The summed E-state index contributed by atoms with van der Waals surface area (Å²) in [7, 11) is -4.11. The molecule has 0 saturated heterocycles. The first-order chi connectivity index (χ1) is 13.7. The van der Waals surface area contributed by atoms with Gasteiger partial charge >= 0.3 is 0 Å². The zero-order valence-corrected chi connectivity index (χ0v) is 17.2. The van der Waals surface area contributed by atoms with Crippen LogP contribution in [0.2, 0.25) is 0 Å². The molecule has 2 N–H and O–H groups in total. The number of nitrogens with one attached hydrogen (secondary N) is 2. The fraction of sp³-hybridized carbons (Fsp3) is 0.222. The van der Waals surface area contributed by atoms with Crippen molar-refractivity contribution in [2.45, 2.75) is 29.5 Å². The molecule has 0 aliphatic carbocycles. The second-order valence-corrected chi connectivity index (χ2v) is 9.68. The Hall–Kier alpha value is -2.92. The first kappa shape index (κ1) is 20.8. The van der Waals surface area contributed by atoms with E-state index in [2.05, 4.69) is 14.9 Å². The molecule has 9 nitrogen and oxygen atoms in total. The second-order valence-electron chi connectivity index (χ2n) is 6.62. The summed E-state index contributed by atoms with van der Waals surface area (Å²) >= 11 is 0.600. The highest BCUT2D eigenvalue weighted by atomic mass is 32.2. The normalized spacial score (nSPS) is 13.0. The predicted octanol–water partition coefficient (Wildman–Crippen LogP) is 3.31. The van der Waals surface area contributed by atoms with Gasteiger partial charge in [0.25, 0.3) is 21.9 Å². The molecule has 1 atom stereocenters. The molecule has 3 rings (SSSR count). The van der Waals surface area contributed by atoms with Gasteiger partial charge in [0.05, 0.1) is 9.64 Å². The Labute approximate surface area is 171 Å². The zero-order valence-electron chi connectivity index (χ0n) is 15.5. The van der Waals surface area contributed by atoms with Gasteiger partial charge in [-0.25, -0.2) is 13.1 Å². The molecule has 1 aromatic heterocycles. The van der Waals surface area contributed by atoms with Crippen LogP contribution < -0.4 is 10.0 Å². The van der Waals surface area contributed by atoms with Gasteiger partial charge in [-0.3, -0.25) is 4.79 Å². The largest absolute Gasteiger partial charge is 0.424 e. The lowest BCUT2D eigenvalue weighted by molar-refractivity contribution is -0.120. The highest BCUT2D eigenvalue weighted by Crippen LogP contribution is 2.32. The lowest BCUT2D eigenvalue weighted by Gasteiger charge is -2.29. The molecular weight excluding hydrogens is 416 g/mol. The summed E-state index contributed by atoms with van der Waals surface area (Å²) in [5.74, 6) is -0.878. The standard InChI is InChI=1S/C18H18N4O5S2/c1-18(2,28-22-24)15(20-17-19-13-10-6-7-11-14(13)27-17)16(23)21-29(25,26)12-8-4-3-5-9-12/h3-11,15H,1-2H3,(H,19,20)(H,21,23)/t15-/m0/s1. The first-order valence-corrected chi connectivity index (χ1v) is 10.7.